The molecule has 1 amide bonds. The normalized spacial score (nSPS) is 12.2. The van der Waals surface area contributed by atoms with Crippen LogP contribution in [0.4, 0.5) is 0 Å². The van der Waals surface area contributed by atoms with Gasteiger partial charge in [0.05, 0.1) is 12.2 Å². The number of aromatic nitrogens is 2. The summed E-state index contributed by atoms with van der Waals surface area (Å²) in [6.45, 7) is 6.59. The first kappa shape index (κ1) is 16.2. The van der Waals surface area contributed by atoms with E-state index < -0.39 is 0 Å². The van der Waals surface area contributed by atoms with E-state index in [0.29, 0.717) is 18.5 Å². The molecule has 118 valence electrons. The lowest BCUT2D eigenvalue weighted by atomic mass is 10.1. The molecule has 0 radical (unpaired) electrons. The van der Waals surface area contributed by atoms with Crippen molar-refractivity contribution in [3.05, 3.63) is 52.8 Å². The third-order valence-corrected chi connectivity index (χ3v) is 3.56. The minimum absolute atomic E-state index is 0.0443. The molecule has 2 rings (SSSR count). The Morgan fingerprint density at radius 1 is 1.36 bits per heavy atom. The minimum Gasteiger partial charge on any atom is -0.396 e. The Morgan fingerprint density at radius 2 is 2.14 bits per heavy atom. The van der Waals surface area contributed by atoms with Crippen molar-refractivity contribution < 1.29 is 9.90 Å². The van der Waals surface area contributed by atoms with E-state index >= 15 is 0 Å². The van der Waals surface area contributed by atoms with Crippen LogP contribution in [0.5, 0.6) is 0 Å². The summed E-state index contributed by atoms with van der Waals surface area (Å²) in [5.41, 5.74) is 3.76. The van der Waals surface area contributed by atoms with Crippen LogP contribution in [0.1, 0.15) is 40.7 Å². The number of aryl methyl sites for hydroxylation is 2. The number of carbonyl (C=O) groups excluding carboxylic acids is 1. The number of nitrogens with zero attached hydrogens (tertiary/aromatic N) is 2. The van der Waals surface area contributed by atoms with Crippen LogP contribution in [0.2, 0.25) is 0 Å². The second kappa shape index (κ2) is 7.22. The van der Waals surface area contributed by atoms with Gasteiger partial charge < -0.3 is 10.4 Å². The molecule has 0 fully saturated rings. The van der Waals surface area contributed by atoms with Crippen LogP contribution in [0, 0.1) is 13.8 Å². The fourth-order valence-corrected chi connectivity index (χ4v) is 2.39. The maximum absolute atomic E-state index is 12.2. The Morgan fingerprint density at radius 3 is 2.77 bits per heavy atom. The van der Waals surface area contributed by atoms with Gasteiger partial charge in [0.25, 0.3) is 5.91 Å². The first-order valence-electron chi connectivity index (χ1n) is 7.51. The topological polar surface area (TPSA) is 67.2 Å². The highest BCUT2D eigenvalue weighted by atomic mass is 16.3. The molecule has 0 aliphatic carbocycles. The van der Waals surface area contributed by atoms with Crippen LogP contribution < -0.4 is 5.32 Å². The smallest absolute Gasteiger partial charge is 0.251 e. The van der Waals surface area contributed by atoms with Gasteiger partial charge in [0, 0.05) is 23.9 Å². The fourth-order valence-electron chi connectivity index (χ4n) is 2.39. The maximum Gasteiger partial charge on any atom is 0.251 e. The summed E-state index contributed by atoms with van der Waals surface area (Å²) < 4.78 is 1.93. The van der Waals surface area contributed by atoms with Crippen LogP contribution in [-0.2, 0) is 6.54 Å². The molecule has 1 aromatic carbocycles. The van der Waals surface area contributed by atoms with Gasteiger partial charge in [-0.15, -0.1) is 0 Å². The third-order valence-electron chi connectivity index (χ3n) is 3.56. The first-order valence-corrected chi connectivity index (χ1v) is 7.51. The van der Waals surface area contributed by atoms with Crippen molar-refractivity contribution in [3.8, 4) is 0 Å². The Labute approximate surface area is 131 Å². The standard InChI is InChI=1S/C17H23N3O2/c1-12(7-8-21)18-17(22)16-6-4-5-15(10-16)11-20-14(3)9-13(2)19-20/h4-6,9-10,12,21H,7-8,11H2,1-3H3,(H,18,22). The van der Waals surface area contributed by atoms with Crippen molar-refractivity contribution in [2.24, 2.45) is 0 Å². The van der Waals surface area contributed by atoms with Crippen molar-refractivity contribution >= 4 is 5.91 Å². The average Bonchev–Trinajstić information content (AvgIpc) is 2.77. The zero-order chi connectivity index (χ0) is 16.1. The van der Waals surface area contributed by atoms with Gasteiger partial charge in [-0.3, -0.25) is 9.48 Å². The lowest BCUT2D eigenvalue weighted by Gasteiger charge is -2.13. The van der Waals surface area contributed by atoms with E-state index in [1.807, 2.05) is 49.7 Å². The number of aliphatic hydroxyl groups is 1. The number of hydrogen-bond donors (Lipinski definition) is 2. The van der Waals surface area contributed by atoms with E-state index in [0.717, 1.165) is 17.0 Å². The highest BCUT2D eigenvalue weighted by molar-refractivity contribution is 5.94. The molecule has 0 saturated heterocycles. The van der Waals surface area contributed by atoms with E-state index in [2.05, 4.69) is 10.4 Å². The second-order valence-corrected chi connectivity index (χ2v) is 5.67. The van der Waals surface area contributed by atoms with Crippen molar-refractivity contribution in [2.75, 3.05) is 6.61 Å². The predicted octanol–water partition coefficient (Wildman–Crippen LogP) is 2.05. The Hall–Kier alpha value is -2.14. The molecule has 1 atom stereocenters. The number of benzene rings is 1. The summed E-state index contributed by atoms with van der Waals surface area (Å²) >= 11 is 0. The van der Waals surface area contributed by atoms with E-state index in [1.54, 1.807) is 6.07 Å². The van der Waals surface area contributed by atoms with E-state index in [-0.39, 0.29) is 18.6 Å². The number of hydrogen-bond acceptors (Lipinski definition) is 3. The summed E-state index contributed by atoms with van der Waals surface area (Å²) in [5, 5.41) is 16.2. The van der Waals surface area contributed by atoms with Crippen molar-refractivity contribution in [1.82, 2.24) is 15.1 Å². The highest BCUT2D eigenvalue weighted by Crippen LogP contribution is 2.10. The predicted molar refractivity (Wildman–Crippen MR) is 85.9 cm³/mol. The average molecular weight is 301 g/mol. The van der Waals surface area contributed by atoms with Crippen molar-refractivity contribution in [2.45, 2.75) is 39.8 Å². The lowest BCUT2D eigenvalue weighted by Crippen LogP contribution is -2.33. The van der Waals surface area contributed by atoms with Gasteiger partial charge in [-0.05, 0) is 51.0 Å². The van der Waals surface area contributed by atoms with Gasteiger partial charge in [0.1, 0.15) is 0 Å². The van der Waals surface area contributed by atoms with Gasteiger partial charge in [-0.2, -0.15) is 5.10 Å². The molecule has 5 nitrogen and oxygen atoms in total. The quantitative estimate of drug-likeness (QED) is 0.858. The number of aliphatic hydroxyl groups excluding tert-OH is 1. The van der Waals surface area contributed by atoms with Crippen LogP contribution >= 0.6 is 0 Å². The number of nitrogens with one attached hydrogen (secondary N) is 1. The Kier molecular flexibility index (Phi) is 5.33. The molecule has 0 bridgehead atoms. The van der Waals surface area contributed by atoms with E-state index in [4.69, 9.17) is 5.11 Å². The number of rotatable bonds is 6. The monoisotopic (exact) mass is 301 g/mol. The molecule has 0 spiro atoms. The Balaban J connectivity index is 2.09. The summed E-state index contributed by atoms with van der Waals surface area (Å²) in [6.07, 6.45) is 0.553. The van der Waals surface area contributed by atoms with Crippen LogP contribution in [0.25, 0.3) is 0 Å². The summed E-state index contributed by atoms with van der Waals surface area (Å²) in [4.78, 5) is 12.2. The zero-order valence-electron chi connectivity index (χ0n) is 13.3. The van der Waals surface area contributed by atoms with Gasteiger partial charge in [-0.25, -0.2) is 0 Å². The summed E-state index contributed by atoms with van der Waals surface area (Å²) in [5.74, 6) is -0.115. The second-order valence-electron chi connectivity index (χ2n) is 5.67. The fraction of sp³-hybridized carbons (Fsp3) is 0.412. The van der Waals surface area contributed by atoms with E-state index in [9.17, 15) is 4.79 Å². The molecule has 2 aromatic rings. The van der Waals surface area contributed by atoms with Crippen LogP contribution in [0.15, 0.2) is 30.3 Å². The first-order chi connectivity index (χ1) is 10.5. The molecule has 0 aliphatic heterocycles. The molecule has 5 heteroatoms. The van der Waals surface area contributed by atoms with Crippen molar-refractivity contribution in [1.29, 1.82) is 0 Å². The Bertz CT molecular complexity index is 649. The summed E-state index contributed by atoms with van der Waals surface area (Å²) in [7, 11) is 0. The van der Waals surface area contributed by atoms with Crippen LogP contribution in [-0.4, -0.2) is 33.4 Å². The molecular weight excluding hydrogens is 278 g/mol. The maximum atomic E-state index is 12.2. The van der Waals surface area contributed by atoms with Gasteiger partial charge in [-0.1, -0.05) is 12.1 Å². The molecule has 22 heavy (non-hydrogen) atoms. The van der Waals surface area contributed by atoms with Gasteiger partial charge in [0.15, 0.2) is 0 Å². The number of carbonyl (C=O) groups is 1. The molecule has 1 aromatic heterocycles. The molecule has 1 unspecified atom stereocenters. The lowest BCUT2D eigenvalue weighted by molar-refractivity contribution is 0.0934. The van der Waals surface area contributed by atoms with Gasteiger partial charge >= 0.3 is 0 Å². The number of amides is 1. The highest BCUT2D eigenvalue weighted by Gasteiger charge is 2.10. The largest absolute Gasteiger partial charge is 0.396 e. The van der Waals surface area contributed by atoms with Crippen LogP contribution in [0.3, 0.4) is 0 Å². The molecule has 2 N–H and O–H groups in total. The SMILES string of the molecule is Cc1cc(C)n(Cc2cccc(C(=O)NC(C)CCO)c2)n1. The third kappa shape index (κ3) is 4.18. The molecule has 0 aliphatic rings. The van der Waals surface area contributed by atoms with Crippen molar-refractivity contribution in [3.63, 3.8) is 0 Å². The summed E-state index contributed by atoms with van der Waals surface area (Å²) in [6, 6.07) is 9.55. The molecular formula is C17H23N3O2. The zero-order valence-corrected chi connectivity index (χ0v) is 13.3. The minimum atomic E-state index is -0.115. The van der Waals surface area contributed by atoms with E-state index in [1.165, 1.54) is 0 Å². The molecule has 1 heterocycles. The molecule has 0 saturated carbocycles. The van der Waals surface area contributed by atoms with Gasteiger partial charge in [0.2, 0.25) is 0 Å².